The predicted octanol–water partition coefficient (Wildman–Crippen LogP) is 14.6. The highest BCUT2D eigenvalue weighted by Crippen LogP contribution is 2.16. The number of aliphatic carboxylic acids is 1. The van der Waals surface area contributed by atoms with Crippen molar-refractivity contribution in [3.8, 4) is 0 Å². The van der Waals surface area contributed by atoms with Gasteiger partial charge in [-0.2, -0.15) is 0 Å². The van der Waals surface area contributed by atoms with Crippen molar-refractivity contribution < 1.29 is 19.4 Å². The first-order chi connectivity index (χ1) is 23.2. The molecule has 0 aromatic heterocycles. The number of rotatable bonds is 40. The molecule has 0 aromatic rings. The van der Waals surface area contributed by atoms with Crippen LogP contribution in [0, 0.1) is 0 Å². The van der Waals surface area contributed by atoms with Crippen LogP contribution in [0.15, 0.2) is 12.2 Å². The Bertz CT molecular complexity index is 658. The largest absolute Gasteiger partial charge is 0.481 e. The van der Waals surface area contributed by atoms with Crippen LogP contribution in [0.3, 0.4) is 0 Å². The fraction of sp³-hybridized carbons (Fsp3) is 0.907. The first-order valence-electron chi connectivity index (χ1n) is 21.2. The van der Waals surface area contributed by atoms with Crippen LogP contribution in [-0.4, -0.2) is 23.7 Å². The van der Waals surface area contributed by atoms with E-state index >= 15 is 0 Å². The normalized spacial score (nSPS) is 11.5. The molecule has 0 spiro atoms. The van der Waals surface area contributed by atoms with Gasteiger partial charge in [-0.05, 0) is 38.5 Å². The summed E-state index contributed by atoms with van der Waals surface area (Å²) in [7, 11) is 0. The standard InChI is InChI=1S/C43H82O4/c1-2-3-4-5-6-7-24-28-31-34-37-40-43(46)47-41-38-35-32-29-26-23-21-19-17-15-13-11-9-8-10-12-14-16-18-20-22-25-27-30-33-36-39-42(44)45/h5-6H,2-4,7-41H2,1H3,(H,44,45)/b6-5-. The van der Waals surface area contributed by atoms with Gasteiger partial charge in [-0.25, -0.2) is 0 Å². The summed E-state index contributed by atoms with van der Waals surface area (Å²) in [6, 6.07) is 0. The summed E-state index contributed by atoms with van der Waals surface area (Å²) in [5.41, 5.74) is 0. The zero-order valence-corrected chi connectivity index (χ0v) is 31.7. The number of carboxylic acid groups (broad SMARTS) is 1. The summed E-state index contributed by atoms with van der Waals surface area (Å²) < 4.78 is 5.44. The van der Waals surface area contributed by atoms with Gasteiger partial charge in [0.05, 0.1) is 6.61 Å². The van der Waals surface area contributed by atoms with Gasteiger partial charge < -0.3 is 9.84 Å². The molecule has 0 amide bonds. The number of carbonyl (C=O) groups is 2. The van der Waals surface area contributed by atoms with Crippen molar-refractivity contribution in [2.24, 2.45) is 0 Å². The van der Waals surface area contributed by atoms with Crippen LogP contribution in [0.4, 0.5) is 0 Å². The Morgan fingerprint density at radius 2 is 0.702 bits per heavy atom. The molecule has 1 N–H and O–H groups in total. The maximum Gasteiger partial charge on any atom is 0.305 e. The molecule has 0 rings (SSSR count). The van der Waals surface area contributed by atoms with E-state index in [-0.39, 0.29) is 5.97 Å². The second-order valence-corrected chi connectivity index (χ2v) is 14.5. The van der Waals surface area contributed by atoms with Crippen LogP contribution in [0.25, 0.3) is 0 Å². The molecule has 0 bridgehead atoms. The average Bonchev–Trinajstić information content (AvgIpc) is 3.06. The molecule has 0 atom stereocenters. The smallest absolute Gasteiger partial charge is 0.305 e. The van der Waals surface area contributed by atoms with Crippen LogP contribution in [0.1, 0.15) is 244 Å². The number of hydrogen-bond acceptors (Lipinski definition) is 3. The molecule has 0 aliphatic rings. The first kappa shape index (κ1) is 45.7. The van der Waals surface area contributed by atoms with Crippen LogP contribution < -0.4 is 0 Å². The summed E-state index contributed by atoms with van der Waals surface area (Å²) >= 11 is 0. The van der Waals surface area contributed by atoms with Gasteiger partial charge >= 0.3 is 11.9 Å². The quantitative estimate of drug-likeness (QED) is 0.0403. The van der Waals surface area contributed by atoms with Crippen molar-refractivity contribution in [3.63, 3.8) is 0 Å². The third kappa shape index (κ3) is 42.7. The average molecular weight is 663 g/mol. The molecule has 0 fully saturated rings. The maximum absolute atomic E-state index is 11.9. The summed E-state index contributed by atoms with van der Waals surface area (Å²) in [5, 5.41) is 8.65. The minimum absolute atomic E-state index is 0.00819. The summed E-state index contributed by atoms with van der Waals surface area (Å²) in [5.74, 6) is -0.647. The number of carbonyl (C=O) groups excluding carboxylic acids is 1. The van der Waals surface area contributed by atoms with Crippen molar-refractivity contribution in [1.29, 1.82) is 0 Å². The molecule has 0 saturated carbocycles. The molecule has 0 aliphatic heterocycles. The topological polar surface area (TPSA) is 63.6 Å². The monoisotopic (exact) mass is 663 g/mol. The molecule has 0 radical (unpaired) electrons. The lowest BCUT2D eigenvalue weighted by molar-refractivity contribution is -0.144. The van der Waals surface area contributed by atoms with Crippen molar-refractivity contribution in [2.45, 2.75) is 244 Å². The van der Waals surface area contributed by atoms with E-state index in [4.69, 9.17) is 9.84 Å². The lowest BCUT2D eigenvalue weighted by atomic mass is 10.0. The van der Waals surface area contributed by atoms with Gasteiger partial charge in [0.2, 0.25) is 0 Å². The molecule has 278 valence electrons. The third-order valence-corrected chi connectivity index (χ3v) is 9.69. The molecule has 4 heteroatoms. The Labute approximate surface area is 294 Å². The lowest BCUT2D eigenvalue weighted by Crippen LogP contribution is -2.05. The van der Waals surface area contributed by atoms with E-state index in [2.05, 4.69) is 19.1 Å². The number of hydrogen-bond donors (Lipinski definition) is 1. The molecular formula is C43H82O4. The Morgan fingerprint density at radius 3 is 1.06 bits per heavy atom. The van der Waals surface area contributed by atoms with Gasteiger partial charge in [-0.1, -0.05) is 205 Å². The number of unbranched alkanes of at least 4 members (excludes halogenated alkanes) is 32. The van der Waals surface area contributed by atoms with Gasteiger partial charge in [-0.3, -0.25) is 9.59 Å². The summed E-state index contributed by atoms with van der Waals surface area (Å²) in [6.07, 6.45) is 51.1. The molecule has 4 nitrogen and oxygen atoms in total. The number of esters is 1. The van der Waals surface area contributed by atoms with E-state index in [0.717, 1.165) is 32.1 Å². The number of ether oxygens (including phenoxy) is 1. The highest BCUT2D eigenvalue weighted by Gasteiger charge is 2.03. The molecule has 0 unspecified atom stereocenters. The summed E-state index contributed by atoms with van der Waals surface area (Å²) in [4.78, 5) is 22.4. The van der Waals surface area contributed by atoms with Crippen LogP contribution in [0.5, 0.6) is 0 Å². The van der Waals surface area contributed by atoms with E-state index in [1.54, 1.807) is 0 Å². The second kappa shape index (κ2) is 40.9. The number of carboxylic acids is 1. The van der Waals surface area contributed by atoms with E-state index in [1.165, 1.54) is 193 Å². The van der Waals surface area contributed by atoms with Crippen LogP contribution in [-0.2, 0) is 14.3 Å². The Kier molecular flexibility index (Phi) is 39.7. The molecule has 0 saturated heterocycles. The SMILES string of the molecule is CCCC/C=C\CCCCCCCC(=O)OCCCCCCCCCCCCCCCCCCCCCCCCCCCCC(=O)O. The van der Waals surface area contributed by atoms with Crippen molar-refractivity contribution in [2.75, 3.05) is 6.61 Å². The molecule has 0 aliphatic carbocycles. The minimum Gasteiger partial charge on any atom is -0.481 e. The van der Waals surface area contributed by atoms with Crippen LogP contribution >= 0.6 is 0 Å². The lowest BCUT2D eigenvalue weighted by Gasteiger charge is -2.06. The van der Waals surface area contributed by atoms with E-state index in [9.17, 15) is 9.59 Å². The molecule has 0 heterocycles. The number of allylic oxidation sites excluding steroid dienone is 2. The molecule has 47 heavy (non-hydrogen) atoms. The Hall–Kier alpha value is -1.32. The van der Waals surface area contributed by atoms with Gasteiger partial charge in [0.25, 0.3) is 0 Å². The van der Waals surface area contributed by atoms with Gasteiger partial charge in [0.1, 0.15) is 0 Å². The second-order valence-electron chi connectivity index (χ2n) is 14.5. The summed E-state index contributed by atoms with van der Waals surface area (Å²) in [6.45, 7) is 2.86. The minimum atomic E-state index is -0.655. The zero-order valence-electron chi connectivity index (χ0n) is 31.7. The van der Waals surface area contributed by atoms with Crippen molar-refractivity contribution in [3.05, 3.63) is 12.2 Å². The van der Waals surface area contributed by atoms with Gasteiger partial charge in [0.15, 0.2) is 0 Å². The molecule has 0 aromatic carbocycles. The molecular weight excluding hydrogens is 580 g/mol. The van der Waals surface area contributed by atoms with Crippen molar-refractivity contribution >= 4 is 11.9 Å². The van der Waals surface area contributed by atoms with E-state index in [0.29, 0.717) is 19.4 Å². The fourth-order valence-electron chi connectivity index (χ4n) is 6.50. The van der Waals surface area contributed by atoms with E-state index < -0.39 is 5.97 Å². The highest BCUT2D eigenvalue weighted by atomic mass is 16.5. The maximum atomic E-state index is 11.9. The van der Waals surface area contributed by atoms with Gasteiger partial charge in [0, 0.05) is 12.8 Å². The predicted molar refractivity (Wildman–Crippen MR) is 204 cm³/mol. The van der Waals surface area contributed by atoms with Gasteiger partial charge in [-0.15, -0.1) is 0 Å². The first-order valence-corrected chi connectivity index (χ1v) is 21.2. The Morgan fingerprint density at radius 1 is 0.404 bits per heavy atom. The third-order valence-electron chi connectivity index (χ3n) is 9.69. The van der Waals surface area contributed by atoms with Crippen molar-refractivity contribution in [1.82, 2.24) is 0 Å². The zero-order chi connectivity index (χ0) is 34.1. The van der Waals surface area contributed by atoms with Crippen LogP contribution in [0.2, 0.25) is 0 Å². The van der Waals surface area contributed by atoms with E-state index in [1.807, 2.05) is 0 Å². The highest BCUT2D eigenvalue weighted by molar-refractivity contribution is 5.69. The Balaban J connectivity index is 3.14. The fourth-order valence-corrected chi connectivity index (χ4v) is 6.50.